The number of amides is 1. The second kappa shape index (κ2) is 8.44. The van der Waals surface area contributed by atoms with Crippen LogP contribution in [0.25, 0.3) is 0 Å². The Morgan fingerprint density at radius 3 is 2.27 bits per heavy atom. The van der Waals surface area contributed by atoms with Gasteiger partial charge in [0.2, 0.25) is 0 Å². The lowest BCUT2D eigenvalue weighted by atomic mass is 10.1. The molecule has 1 amide bonds. The van der Waals surface area contributed by atoms with E-state index in [0.717, 1.165) is 12.8 Å². The molecule has 0 spiro atoms. The molecule has 0 atom stereocenters. The summed E-state index contributed by atoms with van der Waals surface area (Å²) in [6, 6.07) is 0. The Kier molecular flexibility index (Phi) is 7.95. The van der Waals surface area contributed by atoms with Crippen LogP contribution in [0.5, 0.6) is 0 Å². The quantitative estimate of drug-likeness (QED) is 0.366. The van der Waals surface area contributed by atoms with E-state index < -0.39 is 0 Å². The first-order valence-corrected chi connectivity index (χ1v) is 5.54. The zero-order chi connectivity index (χ0) is 11.7. The number of hydrogen-bond donors (Lipinski definition) is 2. The van der Waals surface area contributed by atoms with Crippen molar-refractivity contribution < 1.29 is 4.79 Å². The molecular weight excluding hydrogens is 190 g/mol. The van der Waals surface area contributed by atoms with Gasteiger partial charge in [-0.1, -0.05) is 32.8 Å². The summed E-state index contributed by atoms with van der Waals surface area (Å²) in [4.78, 5) is 11.7. The fourth-order valence-corrected chi connectivity index (χ4v) is 1.35. The molecule has 0 aliphatic rings. The van der Waals surface area contributed by atoms with Crippen molar-refractivity contribution in [1.29, 1.82) is 0 Å². The van der Waals surface area contributed by atoms with Gasteiger partial charge in [0.15, 0.2) is 0 Å². The lowest BCUT2D eigenvalue weighted by Crippen LogP contribution is -2.48. The van der Waals surface area contributed by atoms with E-state index in [-0.39, 0.29) is 5.91 Å². The van der Waals surface area contributed by atoms with Gasteiger partial charge in [0.25, 0.3) is 5.91 Å². The number of carbonyl (C=O) groups is 1. The van der Waals surface area contributed by atoms with Crippen LogP contribution in [0.2, 0.25) is 0 Å². The molecule has 0 aromatic carbocycles. The first-order chi connectivity index (χ1) is 7.17. The van der Waals surface area contributed by atoms with Crippen LogP contribution in [-0.4, -0.2) is 25.1 Å². The zero-order valence-corrected chi connectivity index (χ0v) is 10.1. The van der Waals surface area contributed by atoms with Gasteiger partial charge in [-0.3, -0.25) is 4.79 Å². The molecule has 0 fully saturated rings. The summed E-state index contributed by atoms with van der Waals surface area (Å²) < 4.78 is 0. The molecule has 0 aliphatic carbocycles. The van der Waals surface area contributed by atoms with Gasteiger partial charge in [-0.05, 0) is 12.8 Å². The Morgan fingerprint density at radius 2 is 1.80 bits per heavy atom. The maximum Gasteiger partial charge on any atom is 0.278 e. The topological polar surface area (TPSA) is 44.4 Å². The summed E-state index contributed by atoms with van der Waals surface area (Å²) in [7, 11) is 3.39. The predicted octanol–water partition coefficient (Wildman–Crippen LogP) is 1.61. The van der Waals surface area contributed by atoms with Crippen LogP contribution in [0.4, 0.5) is 0 Å². The van der Waals surface area contributed by atoms with Crippen molar-refractivity contribution in [3.63, 3.8) is 0 Å². The molecule has 4 nitrogen and oxygen atoms in total. The molecule has 0 unspecified atom stereocenters. The van der Waals surface area contributed by atoms with Gasteiger partial charge < -0.3 is 0 Å². The summed E-state index contributed by atoms with van der Waals surface area (Å²) in [6.45, 7) is 5.97. The van der Waals surface area contributed by atoms with Crippen molar-refractivity contribution in [1.82, 2.24) is 16.0 Å². The number of nitrogens with zero attached hydrogens (tertiary/aromatic N) is 1. The highest BCUT2D eigenvalue weighted by Gasteiger charge is 2.12. The van der Waals surface area contributed by atoms with E-state index in [1.54, 1.807) is 14.1 Å². The SMILES string of the molecule is C=C(CCCCCC)C(=O)N(NC)NC. The normalized spacial score (nSPS) is 10.1. The molecule has 0 aromatic rings. The third-order valence-electron chi connectivity index (χ3n) is 2.28. The van der Waals surface area contributed by atoms with Crippen molar-refractivity contribution in [2.24, 2.45) is 0 Å². The number of nitrogens with one attached hydrogen (secondary N) is 2. The van der Waals surface area contributed by atoms with Crippen LogP contribution < -0.4 is 10.9 Å². The van der Waals surface area contributed by atoms with Crippen LogP contribution in [0.15, 0.2) is 12.2 Å². The van der Waals surface area contributed by atoms with E-state index in [2.05, 4.69) is 24.4 Å². The van der Waals surface area contributed by atoms with Crippen LogP contribution in [0.1, 0.15) is 39.0 Å². The van der Waals surface area contributed by atoms with E-state index in [1.165, 1.54) is 24.4 Å². The second-order valence-corrected chi connectivity index (χ2v) is 3.50. The summed E-state index contributed by atoms with van der Waals surface area (Å²) in [6.07, 6.45) is 5.42. The van der Waals surface area contributed by atoms with Crippen LogP contribution in [-0.2, 0) is 4.79 Å². The first kappa shape index (κ1) is 14.1. The summed E-state index contributed by atoms with van der Waals surface area (Å²) in [5.41, 5.74) is 6.14. The van der Waals surface area contributed by atoms with Crippen molar-refractivity contribution in [2.45, 2.75) is 39.0 Å². The molecule has 0 aromatic heterocycles. The highest BCUT2D eigenvalue weighted by Crippen LogP contribution is 2.09. The molecule has 4 heteroatoms. The van der Waals surface area contributed by atoms with Crippen molar-refractivity contribution in [2.75, 3.05) is 14.1 Å². The smallest absolute Gasteiger partial charge is 0.267 e. The molecule has 0 saturated heterocycles. The second-order valence-electron chi connectivity index (χ2n) is 3.50. The van der Waals surface area contributed by atoms with Gasteiger partial charge in [0.05, 0.1) is 0 Å². The van der Waals surface area contributed by atoms with Crippen LogP contribution in [0.3, 0.4) is 0 Å². The van der Waals surface area contributed by atoms with E-state index in [4.69, 9.17) is 0 Å². The zero-order valence-electron chi connectivity index (χ0n) is 10.1. The number of carbonyl (C=O) groups excluding carboxylic acids is 1. The van der Waals surface area contributed by atoms with E-state index in [1.807, 2.05) is 0 Å². The minimum absolute atomic E-state index is 0.0866. The fourth-order valence-electron chi connectivity index (χ4n) is 1.35. The van der Waals surface area contributed by atoms with E-state index in [0.29, 0.717) is 5.57 Å². The van der Waals surface area contributed by atoms with E-state index >= 15 is 0 Å². The summed E-state index contributed by atoms with van der Waals surface area (Å²) >= 11 is 0. The van der Waals surface area contributed by atoms with Crippen molar-refractivity contribution in [3.05, 3.63) is 12.2 Å². The minimum atomic E-state index is -0.0866. The highest BCUT2D eigenvalue weighted by molar-refractivity contribution is 5.92. The Bertz CT molecular complexity index is 200. The van der Waals surface area contributed by atoms with Gasteiger partial charge in [-0.15, -0.1) is 0 Å². The van der Waals surface area contributed by atoms with Crippen LogP contribution in [0, 0.1) is 0 Å². The fraction of sp³-hybridized carbons (Fsp3) is 0.727. The van der Waals surface area contributed by atoms with Gasteiger partial charge in [0, 0.05) is 19.7 Å². The maximum absolute atomic E-state index is 11.7. The van der Waals surface area contributed by atoms with Gasteiger partial charge in [0.1, 0.15) is 0 Å². The maximum atomic E-state index is 11.7. The lowest BCUT2D eigenvalue weighted by molar-refractivity contribution is -0.133. The molecule has 0 saturated carbocycles. The van der Waals surface area contributed by atoms with E-state index in [9.17, 15) is 4.79 Å². The predicted molar refractivity (Wildman–Crippen MR) is 62.9 cm³/mol. The minimum Gasteiger partial charge on any atom is -0.267 e. The molecule has 2 N–H and O–H groups in total. The number of hydrazine groups is 2. The third kappa shape index (κ3) is 5.54. The van der Waals surface area contributed by atoms with Gasteiger partial charge in [-0.2, -0.15) is 0 Å². The number of rotatable bonds is 8. The van der Waals surface area contributed by atoms with Crippen molar-refractivity contribution >= 4 is 5.91 Å². The monoisotopic (exact) mass is 213 g/mol. The molecule has 0 aliphatic heterocycles. The molecule has 0 radical (unpaired) electrons. The summed E-state index contributed by atoms with van der Waals surface area (Å²) in [5, 5.41) is 1.34. The Balaban J connectivity index is 3.83. The Hall–Kier alpha value is -0.870. The Morgan fingerprint density at radius 1 is 1.20 bits per heavy atom. The van der Waals surface area contributed by atoms with Gasteiger partial charge >= 0.3 is 0 Å². The Labute approximate surface area is 92.7 Å². The third-order valence-corrected chi connectivity index (χ3v) is 2.28. The molecule has 0 rings (SSSR count). The van der Waals surface area contributed by atoms with Gasteiger partial charge in [-0.25, -0.2) is 16.0 Å². The van der Waals surface area contributed by atoms with Crippen molar-refractivity contribution in [3.8, 4) is 0 Å². The average molecular weight is 213 g/mol. The number of hydrogen-bond acceptors (Lipinski definition) is 3. The first-order valence-electron chi connectivity index (χ1n) is 5.54. The molecular formula is C11H23N3O. The molecule has 88 valence electrons. The largest absolute Gasteiger partial charge is 0.278 e. The molecule has 15 heavy (non-hydrogen) atoms. The highest BCUT2D eigenvalue weighted by atomic mass is 16.2. The molecule has 0 bridgehead atoms. The van der Waals surface area contributed by atoms with Crippen LogP contribution >= 0.6 is 0 Å². The molecule has 0 heterocycles. The standard InChI is InChI=1S/C11H23N3O/c1-5-6-7-8-9-10(2)11(15)14(12-3)13-4/h12-13H,2,5-9H2,1,3-4H3. The average Bonchev–Trinajstić information content (AvgIpc) is 2.25. The summed E-state index contributed by atoms with van der Waals surface area (Å²) in [5.74, 6) is -0.0866. The number of unbranched alkanes of at least 4 members (excludes halogenated alkanes) is 3. The lowest BCUT2D eigenvalue weighted by Gasteiger charge is -2.20.